The number of rotatable bonds is 4. The maximum Gasteiger partial charge on any atom is 0.254 e. The minimum Gasteiger partial charge on any atom is -0.493 e. The smallest absolute Gasteiger partial charge is 0.254 e. The summed E-state index contributed by atoms with van der Waals surface area (Å²) in [6.07, 6.45) is 1.00. The number of piperidine rings is 1. The molecule has 28 heavy (non-hydrogen) atoms. The monoisotopic (exact) mass is 384 g/mol. The van der Waals surface area contributed by atoms with E-state index in [9.17, 15) is 9.59 Å². The summed E-state index contributed by atoms with van der Waals surface area (Å²) in [5.74, 6) is 1.76. The maximum absolute atomic E-state index is 13.3. The van der Waals surface area contributed by atoms with E-state index in [-0.39, 0.29) is 23.3 Å². The maximum atomic E-state index is 13.3. The van der Waals surface area contributed by atoms with Gasteiger partial charge in [0, 0.05) is 42.9 Å². The molecule has 0 unspecified atom stereocenters. The SMILES string of the molecule is COc1cc(C(=O)N2C[C@@H]3C[C@@H](C2)c2cccc(=O)n2C3)cc(OC)c1OC. The Morgan fingerprint density at radius 3 is 2.36 bits per heavy atom. The molecule has 0 spiro atoms. The summed E-state index contributed by atoms with van der Waals surface area (Å²) in [6, 6.07) is 8.77. The van der Waals surface area contributed by atoms with Crippen LogP contribution < -0.4 is 19.8 Å². The first-order valence-corrected chi connectivity index (χ1v) is 9.34. The van der Waals surface area contributed by atoms with Gasteiger partial charge in [-0.1, -0.05) is 6.07 Å². The molecule has 4 rings (SSSR count). The van der Waals surface area contributed by atoms with Crippen LogP contribution in [0.15, 0.2) is 35.1 Å². The Kier molecular flexibility index (Phi) is 4.75. The Labute approximate surface area is 163 Å². The Hall–Kier alpha value is -2.96. The largest absolute Gasteiger partial charge is 0.493 e. The van der Waals surface area contributed by atoms with Crippen LogP contribution >= 0.6 is 0 Å². The fraction of sp³-hybridized carbons (Fsp3) is 0.429. The first-order chi connectivity index (χ1) is 13.5. The zero-order chi connectivity index (χ0) is 19.8. The number of aromatic nitrogens is 1. The molecule has 2 aromatic rings. The van der Waals surface area contributed by atoms with Crippen LogP contribution in [0.2, 0.25) is 0 Å². The quantitative estimate of drug-likeness (QED) is 0.808. The van der Waals surface area contributed by atoms with Crippen molar-refractivity contribution in [2.45, 2.75) is 18.9 Å². The van der Waals surface area contributed by atoms with Crippen LogP contribution in [0, 0.1) is 5.92 Å². The summed E-state index contributed by atoms with van der Waals surface area (Å²) >= 11 is 0. The number of carbonyl (C=O) groups is 1. The van der Waals surface area contributed by atoms with Crippen LogP contribution in [0.4, 0.5) is 0 Å². The number of nitrogens with zero attached hydrogens (tertiary/aromatic N) is 2. The molecule has 0 radical (unpaired) electrons. The molecule has 1 amide bonds. The summed E-state index contributed by atoms with van der Waals surface area (Å²) in [6.45, 7) is 1.88. The van der Waals surface area contributed by atoms with Gasteiger partial charge in [-0.05, 0) is 30.5 Å². The number of benzene rings is 1. The second-order valence-electron chi connectivity index (χ2n) is 7.32. The minimum atomic E-state index is -0.0688. The lowest BCUT2D eigenvalue weighted by Crippen LogP contribution is -2.49. The highest BCUT2D eigenvalue weighted by atomic mass is 16.5. The van der Waals surface area contributed by atoms with Crippen molar-refractivity contribution in [1.29, 1.82) is 0 Å². The topological polar surface area (TPSA) is 70.0 Å². The van der Waals surface area contributed by atoms with E-state index in [1.807, 2.05) is 15.5 Å². The van der Waals surface area contributed by atoms with Crippen LogP contribution in [0.5, 0.6) is 17.2 Å². The van der Waals surface area contributed by atoms with Gasteiger partial charge in [-0.25, -0.2) is 0 Å². The van der Waals surface area contributed by atoms with Gasteiger partial charge >= 0.3 is 0 Å². The van der Waals surface area contributed by atoms with E-state index in [4.69, 9.17) is 14.2 Å². The number of methoxy groups -OCH3 is 3. The van der Waals surface area contributed by atoms with Crippen molar-refractivity contribution in [1.82, 2.24) is 9.47 Å². The van der Waals surface area contributed by atoms with Gasteiger partial charge in [0.05, 0.1) is 21.3 Å². The fourth-order valence-electron chi connectivity index (χ4n) is 4.45. The van der Waals surface area contributed by atoms with Gasteiger partial charge in [0.25, 0.3) is 11.5 Å². The van der Waals surface area contributed by atoms with Crippen molar-refractivity contribution in [2.75, 3.05) is 34.4 Å². The molecule has 7 nitrogen and oxygen atoms in total. The number of amides is 1. The molecule has 7 heteroatoms. The average molecular weight is 384 g/mol. The summed E-state index contributed by atoms with van der Waals surface area (Å²) in [5.41, 5.74) is 1.56. The Bertz CT molecular complexity index is 943. The lowest BCUT2D eigenvalue weighted by atomic mass is 9.83. The van der Waals surface area contributed by atoms with E-state index in [2.05, 4.69) is 0 Å². The van der Waals surface area contributed by atoms with E-state index in [1.165, 1.54) is 21.3 Å². The highest BCUT2D eigenvalue weighted by Gasteiger charge is 2.36. The summed E-state index contributed by atoms with van der Waals surface area (Å²) < 4.78 is 18.0. The molecule has 1 fully saturated rings. The van der Waals surface area contributed by atoms with Crippen molar-refractivity contribution in [2.24, 2.45) is 5.92 Å². The van der Waals surface area contributed by atoms with Crippen LogP contribution in [-0.2, 0) is 6.54 Å². The minimum absolute atomic E-state index is 0.0385. The summed E-state index contributed by atoms with van der Waals surface area (Å²) in [4.78, 5) is 27.3. The molecule has 1 saturated heterocycles. The standard InChI is InChI=1S/C21H24N2O5/c1-26-17-8-14(9-18(27-2)20(17)28-3)21(25)22-10-13-7-15(12-22)16-5-4-6-19(24)23(16)11-13/h4-6,8-9,13,15H,7,10-12H2,1-3H3/t13-,15-/m0/s1. The first-order valence-electron chi connectivity index (χ1n) is 9.34. The van der Waals surface area contributed by atoms with E-state index in [0.717, 1.165) is 12.1 Å². The lowest BCUT2D eigenvalue weighted by molar-refractivity contribution is 0.0594. The molecule has 3 heterocycles. The van der Waals surface area contributed by atoms with E-state index in [0.29, 0.717) is 42.4 Å². The fourth-order valence-corrected chi connectivity index (χ4v) is 4.45. The van der Waals surface area contributed by atoms with Crippen molar-refractivity contribution < 1.29 is 19.0 Å². The summed E-state index contributed by atoms with van der Waals surface area (Å²) in [5, 5.41) is 0. The number of ether oxygens (including phenoxy) is 3. The second kappa shape index (κ2) is 7.22. The zero-order valence-corrected chi connectivity index (χ0v) is 16.3. The average Bonchev–Trinajstić information content (AvgIpc) is 2.72. The molecule has 2 aliphatic rings. The molecule has 1 aromatic carbocycles. The third-order valence-corrected chi connectivity index (χ3v) is 5.68. The molecular formula is C21H24N2O5. The number of carbonyl (C=O) groups excluding carboxylic acids is 1. The molecule has 0 saturated carbocycles. The molecule has 0 N–H and O–H groups in total. The number of hydrogen-bond donors (Lipinski definition) is 0. The number of likely N-dealkylation sites (tertiary alicyclic amines) is 1. The van der Waals surface area contributed by atoms with Gasteiger partial charge < -0.3 is 23.7 Å². The van der Waals surface area contributed by atoms with Crippen LogP contribution in [0.3, 0.4) is 0 Å². The van der Waals surface area contributed by atoms with E-state index >= 15 is 0 Å². The van der Waals surface area contributed by atoms with E-state index < -0.39 is 0 Å². The van der Waals surface area contributed by atoms with Crippen LogP contribution in [0.25, 0.3) is 0 Å². The molecule has 2 aliphatic heterocycles. The molecule has 2 atom stereocenters. The number of hydrogen-bond acceptors (Lipinski definition) is 5. The van der Waals surface area contributed by atoms with Gasteiger partial charge in [0.2, 0.25) is 5.75 Å². The normalized spacial score (nSPS) is 20.3. The molecule has 1 aromatic heterocycles. The van der Waals surface area contributed by atoms with Crippen molar-refractivity contribution in [3.8, 4) is 17.2 Å². The van der Waals surface area contributed by atoms with Gasteiger partial charge in [-0.15, -0.1) is 0 Å². The number of pyridine rings is 1. The molecule has 2 bridgehead atoms. The third-order valence-electron chi connectivity index (χ3n) is 5.68. The number of fused-ring (bicyclic) bond motifs is 4. The Morgan fingerprint density at radius 2 is 1.71 bits per heavy atom. The molecule has 0 aliphatic carbocycles. The Morgan fingerprint density at radius 1 is 1.00 bits per heavy atom. The highest BCUT2D eigenvalue weighted by Crippen LogP contribution is 2.40. The van der Waals surface area contributed by atoms with Crippen LogP contribution in [-0.4, -0.2) is 49.8 Å². The predicted octanol–water partition coefficient (Wildman–Crippen LogP) is 2.13. The summed E-state index contributed by atoms with van der Waals surface area (Å²) in [7, 11) is 4.60. The van der Waals surface area contributed by atoms with Gasteiger partial charge in [-0.2, -0.15) is 0 Å². The van der Waals surface area contributed by atoms with Crippen LogP contribution in [0.1, 0.15) is 28.4 Å². The molecule has 148 valence electrons. The van der Waals surface area contributed by atoms with Gasteiger partial charge in [0.15, 0.2) is 11.5 Å². The highest BCUT2D eigenvalue weighted by molar-refractivity contribution is 5.95. The lowest BCUT2D eigenvalue weighted by Gasteiger charge is -2.42. The van der Waals surface area contributed by atoms with Crippen molar-refractivity contribution in [3.63, 3.8) is 0 Å². The van der Waals surface area contributed by atoms with Gasteiger partial charge in [0.1, 0.15) is 0 Å². The van der Waals surface area contributed by atoms with E-state index in [1.54, 1.807) is 24.3 Å². The zero-order valence-electron chi connectivity index (χ0n) is 16.3. The van der Waals surface area contributed by atoms with Crippen molar-refractivity contribution in [3.05, 3.63) is 51.9 Å². The third kappa shape index (κ3) is 3.00. The Balaban J connectivity index is 1.65. The first kappa shape index (κ1) is 18.4. The van der Waals surface area contributed by atoms with Crippen molar-refractivity contribution >= 4 is 5.91 Å². The van der Waals surface area contributed by atoms with Gasteiger partial charge in [-0.3, -0.25) is 9.59 Å². The second-order valence-corrected chi connectivity index (χ2v) is 7.32. The predicted molar refractivity (Wildman–Crippen MR) is 104 cm³/mol. The molecular weight excluding hydrogens is 360 g/mol.